The lowest BCUT2D eigenvalue weighted by Gasteiger charge is -2.34. The highest BCUT2D eigenvalue weighted by Gasteiger charge is 2.30. The van der Waals surface area contributed by atoms with E-state index in [1.54, 1.807) is 0 Å². The van der Waals surface area contributed by atoms with Gasteiger partial charge >= 0.3 is 5.97 Å². The van der Waals surface area contributed by atoms with Crippen molar-refractivity contribution in [1.82, 2.24) is 20.7 Å². The molecule has 0 aromatic carbocycles. The number of carboxylic acids is 1. The molecule has 29 heavy (non-hydrogen) atoms. The number of nitroso groups, excluding NO2 is 1. The van der Waals surface area contributed by atoms with Crippen LogP contribution in [-0.4, -0.2) is 52.6 Å². The summed E-state index contributed by atoms with van der Waals surface area (Å²) in [7, 11) is 0. The average molecular weight is 404 g/mol. The van der Waals surface area contributed by atoms with E-state index in [4.69, 9.17) is 0 Å². The van der Waals surface area contributed by atoms with E-state index >= 15 is 0 Å². The highest BCUT2D eigenvalue weighted by Crippen LogP contribution is 2.27. The fraction of sp³-hybridized carbons (Fsp3) is 0.684. The molecule has 1 aromatic rings. The molecule has 3 N–H and O–H groups in total. The maximum Gasteiger partial charge on any atom is 0.320 e. The Bertz CT molecular complexity index is 699. The van der Waals surface area contributed by atoms with Crippen LogP contribution in [0.25, 0.3) is 0 Å². The van der Waals surface area contributed by atoms with Gasteiger partial charge in [0.05, 0.1) is 10.8 Å². The van der Waals surface area contributed by atoms with Crippen LogP contribution in [0.15, 0.2) is 17.7 Å². The van der Waals surface area contributed by atoms with Gasteiger partial charge in [0.15, 0.2) is 0 Å². The Morgan fingerprint density at radius 1 is 1.14 bits per heavy atom. The number of anilines is 1. The SMILES string of the molecule is O=NNC(=O)c1cnc(N2CCC(CNC(C(=O)O)C3CCCCC3)CC2)nc1. The van der Waals surface area contributed by atoms with Gasteiger partial charge in [0.2, 0.25) is 5.95 Å². The lowest BCUT2D eigenvalue weighted by molar-refractivity contribution is -0.141. The summed E-state index contributed by atoms with van der Waals surface area (Å²) in [5.74, 6) is -0.183. The number of hydrogen-bond donors (Lipinski definition) is 3. The van der Waals surface area contributed by atoms with Gasteiger partial charge in [-0.1, -0.05) is 19.3 Å². The predicted octanol–water partition coefficient (Wildman–Crippen LogP) is 1.73. The molecule has 0 radical (unpaired) electrons. The van der Waals surface area contributed by atoms with Gasteiger partial charge in [0.25, 0.3) is 5.91 Å². The second-order valence-corrected chi connectivity index (χ2v) is 7.86. The standard InChI is InChI=1S/C19H28N6O4/c26-17(23-24-29)15-11-21-19(22-12-15)25-8-6-13(7-9-25)10-20-16(18(27)28)14-4-2-1-3-5-14/h11-14,16,20H,1-10H2,(H,27,28)(H,23,26,29). The number of piperidine rings is 1. The molecule has 1 aliphatic carbocycles. The van der Waals surface area contributed by atoms with Crippen LogP contribution in [-0.2, 0) is 4.79 Å². The molecule has 1 amide bonds. The second-order valence-electron chi connectivity index (χ2n) is 7.86. The number of aromatic nitrogens is 2. The monoisotopic (exact) mass is 404 g/mol. The average Bonchev–Trinajstić information content (AvgIpc) is 2.75. The molecule has 2 heterocycles. The van der Waals surface area contributed by atoms with Gasteiger partial charge < -0.3 is 15.3 Å². The lowest BCUT2D eigenvalue weighted by atomic mass is 9.83. The molecule has 10 nitrogen and oxygen atoms in total. The Kier molecular flexibility index (Phi) is 7.45. The Labute approximate surface area is 169 Å². The van der Waals surface area contributed by atoms with Gasteiger partial charge in [-0.3, -0.25) is 9.59 Å². The molecule has 0 bridgehead atoms. The number of carbonyl (C=O) groups is 2. The summed E-state index contributed by atoms with van der Waals surface area (Å²) in [4.78, 5) is 43.8. The van der Waals surface area contributed by atoms with Crippen LogP contribution in [0.2, 0.25) is 0 Å². The summed E-state index contributed by atoms with van der Waals surface area (Å²) in [6.45, 7) is 2.25. The van der Waals surface area contributed by atoms with Gasteiger partial charge in [0.1, 0.15) is 6.04 Å². The number of rotatable bonds is 8. The molecule has 1 saturated heterocycles. The van der Waals surface area contributed by atoms with Crippen molar-refractivity contribution in [3.8, 4) is 0 Å². The number of amides is 1. The van der Waals surface area contributed by atoms with E-state index in [0.29, 0.717) is 18.4 Å². The smallest absolute Gasteiger partial charge is 0.320 e. The van der Waals surface area contributed by atoms with Crippen molar-refractivity contribution in [2.24, 2.45) is 17.1 Å². The van der Waals surface area contributed by atoms with E-state index < -0.39 is 17.9 Å². The van der Waals surface area contributed by atoms with Crippen molar-refractivity contribution in [2.75, 3.05) is 24.5 Å². The second kappa shape index (κ2) is 10.2. The molecule has 3 rings (SSSR count). The van der Waals surface area contributed by atoms with E-state index in [1.165, 1.54) is 18.8 Å². The molecule has 1 aliphatic heterocycles. The first-order chi connectivity index (χ1) is 14.1. The number of carboxylic acid groups (broad SMARTS) is 1. The maximum absolute atomic E-state index is 11.7. The van der Waals surface area contributed by atoms with E-state index in [-0.39, 0.29) is 11.5 Å². The molecule has 2 aliphatic rings. The Morgan fingerprint density at radius 3 is 2.38 bits per heavy atom. The molecular formula is C19H28N6O4. The van der Waals surface area contributed by atoms with Crippen LogP contribution in [0.5, 0.6) is 0 Å². The fourth-order valence-electron chi connectivity index (χ4n) is 4.26. The van der Waals surface area contributed by atoms with Crippen LogP contribution >= 0.6 is 0 Å². The number of carbonyl (C=O) groups excluding carboxylic acids is 1. The lowest BCUT2D eigenvalue weighted by Crippen LogP contribution is -2.47. The number of aliphatic carboxylic acids is 1. The highest BCUT2D eigenvalue weighted by molar-refractivity contribution is 5.93. The van der Waals surface area contributed by atoms with Crippen molar-refractivity contribution in [3.05, 3.63) is 22.9 Å². The predicted molar refractivity (Wildman–Crippen MR) is 106 cm³/mol. The molecule has 0 spiro atoms. The molecule has 1 unspecified atom stereocenters. The van der Waals surface area contributed by atoms with Gasteiger partial charge in [-0.2, -0.15) is 0 Å². The Morgan fingerprint density at radius 2 is 1.79 bits per heavy atom. The van der Waals surface area contributed by atoms with Gasteiger partial charge in [-0.15, -0.1) is 4.91 Å². The van der Waals surface area contributed by atoms with Crippen molar-refractivity contribution in [1.29, 1.82) is 0 Å². The van der Waals surface area contributed by atoms with Gasteiger partial charge in [0, 0.05) is 25.5 Å². The van der Waals surface area contributed by atoms with Crippen LogP contribution in [0.3, 0.4) is 0 Å². The zero-order chi connectivity index (χ0) is 20.6. The van der Waals surface area contributed by atoms with Crippen LogP contribution in [0, 0.1) is 16.7 Å². The third-order valence-electron chi connectivity index (χ3n) is 5.96. The number of nitrogens with one attached hydrogen (secondary N) is 2. The summed E-state index contributed by atoms with van der Waals surface area (Å²) in [6.07, 6.45) is 10.0. The van der Waals surface area contributed by atoms with E-state index in [9.17, 15) is 19.6 Å². The van der Waals surface area contributed by atoms with Gasteiger partial charge in [-0.05, 0) is 44.1 Å². The minimum Gasteiger partial charge on any atom is -0.480 e. The molecule has 10 heteroatoms. The van der Waals surface area contributed by atoms with Crippen LogP contribution in [0.1, 0.15) is 55.3 Å². The Hall–Kier alpha value is -2.62. The number of hydrogen-bond acceptors (Lipinski definition) is 8. The summed E-state index contributed by atoms with van der Waals surface area (Å²) >= 11 is 0. The van der Waals surface area contributed by atoms with Crippen LogP contribution < -0.4 is 15.6 Å². The normalized spacial score (nSPS) is 19.5. The topological polar surface area (TPSA) is 137 Å². The Balaban J connectivity index is 1.46. The third-order valence-corrected chi connectivity index (χ3v) is 5.96. The molecule has 1 atom stereocenters. The zero-order valence-corrected chi connectivity index (χ0v) is 16.4. The minimum absolute atomic E-state index is 0.176. The summed E-state index contributed by atoms with van der Waals surface area (Å²) in [5, 5.41) is 15.3. The molecule has 158 valence electrons. The first-order valence-corrected chi connectivity index (χ1v) is 10.2. The fourth-order valence-corrected chi connectivity index (χ4v) is 4.26. The highest BCUT2D eigenvalue weighted by atomic mass is 16.4. The molecular weight excluding hydrogens is 376 g/mol. The quantitative estimate of drug-likeness (QED) is 0.440. The van der Waals surface area contributed by atoms with E-state index in [1.807, 2.05) is 10.3 Å². The zero-order valence-electron chi connectivity index (χ0n) is 16.4. The van der Waals surface area contributed by atoms with Gasteiger partial charge in [-0.25, -0.2) is 15.4 Å². The first kappa shape index (κ1) is 21.1. The van der Waals surface area contributed by atoms with E-state index in [2.05, 4.69) is 20.6 Å². The van der Waals surface area contributed by atoms with Crippen molar-refractivity contribution in [3.63, 3.8) is 0 Å². The van der Waals surface area contributed by atoms with Crippen LogP contribution in [0.4, 0.5) is 5.95 Å². The van der Waals surface area contributed by atoms with Crippen molar-refractivity contribution in [2.45, 2.75) is 51.0 Å². The minimum atomic E-state index is -0.739. The maximum atomic E-state index is 11.7. The summed E-state index contributed by atoms with van der Waals surface area (Å²) in [6, 6.07) is -0.448. The van der Waals surface area contributed by atoms with Crippen molar-refractivity contribution >= 4 is 17.8 Å². The molecule has 1 saturated carbocycles. The third kappa shape index (κ3) is 5.69. The molecule has 1 aromatic heterocycles. The summed E-state index contributed by atoms with van der Waals surface area (Å²) in [5.41, 5.74) is 1.99. The largest absolute Gasteiger partial charge is 0.480 e. The molecule has 2 fully saturated rings. The number of nitrogens with zero attached hydrogens (tertiary/aromatic N) is 4. The van der Waals surface area contributed by atoms with E-state index in [0.717, 1.165) is 51.6 Å². The summed E-state index contributed by atoms with van der Waals surface area (Å²) < 4.78 is 0. The van der Waals surface area contributed by atoms with Crippen molar-refractivity contribution < 1.29 is 14.7 Å². The first-order valence-electron chi connectivity index (χ1n) is 10.2.